The minimum atomic E-state index is -0.232. The number of benzene rings is 2. The summed E-state index contributed by atoms with van der Waals surface area (Å²) in [5.74, 6) is 2.29. The Labute approximate surface area is 170 Å². The molecule has 3 rings (SSSR count). The fourth-order valence-electron chi connectivity index (χ4n) is 2.78. The van der Waals surface area contributed by atoms with Crippen LogP contribution in [0, 0.1) is 13.8 Å². The summed E-state index contributed by atoms with van der Waals surface area (Å²) in [5, 5.41) is 2.92. The molecule has 29 heavy (non-hydrogen) atoms. The van der Waals surface area contributed by atoms with Crippen molar-refractivity contribution >= 4 is 11.6 Å². The zero-order valence-electron chi connectivity index (χ0n) is 17.2. The van der Waals surface area contributed by atoms with Gasteiger partial charge in [0.15, 0.2) is 11.5 Å². The van der Waals surface area contributed by atoms with Gasteiger partial charge in [0.05, 0.1) is 18.9 Å². The van der Waals surface area contributed by atoms with Crippen molar-refractivity contribution in [1.29, 1.82) is 0 Å². The molecule has 0 aliphatic heterocycles. The number of hydrogen-bond acceptors (Lipinski definition) is 5. The van der Waals surface area contributed by atoms with Crippen LogP contribution in [0.1, 0.15) is 42.1 Å². The van der Waals surface area contributed by atoms with E-state index in [1.165, 1.54) is 0 Å². The van der Waals surface area contributed by atoms with Crippen LogP contribution < -0.4 is 14.8 Å². The Kier molecular flexibility index (Phi) is 6.54. The van der Waals surface area contributed by atoms with Crippen LogP contribution in [0.4, 0.5) is 5.69 Å². The first-order valence-electron chi connectivity index (χ1n) is 9.77. The second kappa shape index (κ2) is 9.28. The van der Waals surface area contributed by atoms with Gasteiger partial charge in [-0.1, -0.05) is 13.0 Å². The molecule has 1 heterocycles. The molecule has 0 aliphatic carbocycles. The Morgan fingerprint density at radius 1 is 1.07 bits per heavy atom. The quantitative estimate of drug-likeness (QED) is 0.554. The summed E-state index contributed by atoms with van der Waals surface area (Å²) < 4.78 is 17.0. The van der Waals surface area contributed by atoms with E-state index in [-0.39, 0.29) is 5.91 Å². The molecule has 2 aromatic carbocycles. The van der Waals surface area contributed by atoms with Crippen molar-refractivity contribution in [3.05, 3.63) is 59.5 Å². The Morgan fingerprint density at radius 2 is 1.90 bits per heavy atom. The van der Waals surface area contributed by atoms with Crippen LogP contribution in [-0.4, -0.2) is 24.1 Å². The Hall–Kier alpha value is -3.28. The highest BCUT2D eigenvalue weighted by molar-refractivity contribution is 6.04. The number of aromatic nitrogens is 1. The first-order chi connectivity index (χ1) is 14.0. The average Bonchev–Trinajstić information content (AvgIpc) is 3.06. The zero-order valence-corrected chi connectivity index (χ0v) is 17.2. The summed E-state index contributed by atoms with van der Waals surface area (Å²) in [7, 11) is 0. The number of carbonyl (C=O) groups is 1. The number of hydrogen-bond donors (Lipinski definition) is 1. The highest BCUT2D eigenvalue weighted by atomic mass is 16.5. The van der Waals surface area contributed by atoms with Gasteiger partial charge in [-0.25, -0.2) is 4.98 Å². The van der Waals surface area contributed by atoms with Crippen LogP contribution in [0.2, 0.25) is 0 Å². The van der Waals surface area contributed by atoms with E-state index in [0.717, 1.165) is 23.4 Å². The maximum absolute atomic E-state index is 12.8. The van der Waals surface area contributed by atoms with Gasteiger partial charge in [-0.2, -0.15) is 0 Å². The van der Waals surface area contributed by atoms with E-state index in [0.29, 0.717) is 41.9 Å². The van der Waals surface area contributed by atoms with Gasteiger partial charge < -0.3 is 19.2 Å². The number of oxazole rings is 1. The number of aryl methyl sites for hydroxylation is 2. The first kappa shape index (κ1) is 20.5. The lowest BCUT2D eigenvalue weighted by molar-refractivity contribution is 0.102. The number of ether oxygens (including phenoxy) is 2. The Morgan fingerprint density at radius 3 is 2.59 bits per heavy atom. The summed E-state index contributed by atoms with van der Waals surface area (Å²) in [4.78, 5) is 17.2. The van der Waals surface area contributed by atoms with E-state index in [1.807, 2.05) is 52.0 Å². The number of nitrogens with zero attached hydrogens (tertiary/aromatic N) is 1. The molecule has 6 heteroatoms. The molecule has 0 bridgehead atoms. The maximum Gasteiger partial charge on any atom is 0.255 e. The Bertz CT molecular complexity index is 975. The van der Waals surface area contributed by atoms with E-state index >= 15 is 0 Å². The van der Waals surface area contributed by atoms with Gasteiger partial charge in [-0.3, -0.25) is 4.79 Å². The lowest BCUT2D eigenvalue weighted by atomic mass is 10.1. The summed E-state index contributed by atoms with van der Waals surface area (Å²) in [6.45, 7) is 8.80. The summed E-state index contributed by atoms with van der Waals surface area (Å²) in [6.07, 6.45) is 0.897. The third kappa shape index (κ3) is 4.96. The molecular formula is C23H26N2O4. The molecule has 0 saturated heterocycles. The summed E-state index contributed by atoms with van der Waals surface area (Å²) in [6, 6.07) is 12.6. The van der Waals surface area contributed by atoms with Gasteiger partial charge in [0.2, 0.25) is 5.89 Å². The van der Waals surface area contributed by atoms with Gasteiger partial charge >= 0.3 is 0 Å². The fourth-order valence-corrected chi connectivity index (χ4v) is 2.78. The van der Waals surface area contributed by atoms with Crippen molar-refractivity contribution in [1.82, 2.24) is 4.98 Å². The van der Waals surface area contributed by atoms with Crippen LogP contribution in [0.25, 0.3) is 11.5 Å². The third-order valence-electron chi connectivity index (χ3n) is 4.36. The van der Waals surface area contributed by atoms with E-state index in [2.05, 4.69) is 10.3 Å². The molecule has 0 spiro atoms. The molecule has 1 aromatic heterocycles. The van der Waals surface area contributed by atoms with Crippen LogP contribution in [0.3, 0.4) is 0 Å². The van der Waals surface area contributed by atoms with Crippen molar-refractivity contribution in [2.24, 2.45) is 0 Å². The zero-order chi connectivity index (χ0) is 20.8. The van der Waals surface area contributed by atoms with Gasteiger partial charge in [-0.15, -0.1) is 0 Å². The first-order valence-corrected chi connectivity index (χ1v) is 9.77. The molecule has 3 aromatic rings. The van der Waals surface area contributed by atoms with Crippen LogP contribution in [0.5, 0.6) is 11.5 Å². The molecule has 152 valence electrons. The molecule has 1 amide bonds. The van der Waals surface area contributed by atoms with Crippen molar-refractivity contribution in [2.45, 2.75) is 34.1 Å². The van der Waals surface area contributed by atoms with Crippen molar-refractivity contribution in [2.75, 3.05) is 18.5 Å². The van der Waals surface area contributed by atoms with E-state index in [9.17, 15) is 4.79 Å². The molecule has 1 N–H and O–H groups in total. The normalized spacial score (nSPS) is 10.6. The second-order valence-corrected chi connectivity index (χ2v) is 6.64. The fraction of sp³-hybridized carbons (Fsp3) is 0.304. The standard InChI is InChI=1S/C23H26N2O4/c1-5-12-28-20-11-10-17(14-21(20)27-6-2)22(26)25-19-9-7-8-18(13-19)23-24-15(3)16(4)29-23/h7-11,13-14H,5-6,12H2,1-4H3,(H,25,26). The molecule has 0 radical (unpaired) electrons. The van der Waals surface area contributed by atoms with E-state index < -0.39 is 0 Å². The molecule has 0 unspecified atom stereocenters. The number of amides is 1. The predicted octanol–water partition coefficient (Wildman–Crippen LogP) is 5.40. The van der Waals surface area contributed by atoms with Crippen LogP contribution >= 0.6 is 0 Å². The molecule has 0 atom stereocenters. The molecule has 0 aliphatic rings. The number of carbonyl (C=O) groups excluding carboxylic acids is 1. The lowest BCUT2D eigenvalue weighted by Gasteiger charge is -2.13. The van der Waals surface area contributed by atoms with Gasteiger partial charge in [0, 0.05) is 16.8 Å². The van der Waals surface area contributed by atoms with Crippen LogP contribution in [-0.2, 0) is 0 Å². The average molecular weight is 394 g/mol. The number of nitrogens with one attached hydrogen (secondary N) is 1. The minimum Gasteiger partial charge on any atom is -0.490 e. The van der Waals surface area contributed by atoms with Gasteiger partial charge in [-0.05, 0) is 63.6 Å². The molecular weight excluding hydrogens is 368 g/mol. The predicted molar refractivity (Wildman–Crippen MR) is 113 cm³/mol. The van der Waals surface area contributed by atoms with Gasteiger partial charge in [0.1, 0.15) is 5.76 Å². The van der Waals surface area contributed by atoms with Gasteiger partial charge in [0.25, 0.3) is 5.91 Å². The topological polar surface area (TPSA) is 73.6 Å². The van der Waals surface area contributed by atoms with Crippen molar-refractivity contribution in [3.63, 3.8) is 0 Å². The Balaban J connectivity index is 1.79. The monoisotopic (exact) mass is 394 g/mol. The molecule has 0 saturated carbocycles. The van der Waals surface area contributed by atoms with Crippen molar-refractivity contribution < 1.29 is 18.7 Å². The van der Waals surface area contributed by atoms with Crippen molar-refractivity contribution in [3.8, 4) is 23.0 Å². The number of rotatable bonds is 8. The smallest absolute Gasteiger partial charge is 0.255 e. The SMILES string of the molecule is CCCOc1ccc(C(=O)Nc2cccc(-c3nc(C)c(C)o3)c2)cc1OCC. The summed E-state index contributed by atoms with van der Waals surface area (Å²) >= 11 is 0. The van der Waals surface area contributed by atoms with Crippen LogP contribution in [0.15, 0.2) is 46.9 Å². The summed E-state index contributed by atoms with van der Waals surface area (Å²) in [5.41, 5.74) is 2.80. The lowest BCUT2D eigenvalue weighted by Crippen LogP contribution is -2.12. The van der Waals surface area contributed by atoms with E-state index in [4.69, 9.17) is 13.9 Å². The number of anilines is 1. The molecule has 0 fully saturated rings. The highest BCUT2D eigenvalue weighted by Crippen LogP contribution is 2.29. The molecule has 6 nitrogen and oxygen atoms in total. The second-order valence-electron chi connectivity index (χ2n) is 6.64. The minimum absolute atomic E-state index is 0.232. The largest absolute Gasteiger partial charge is 0.490 e. The third-order valence-corrected chi connectivity index (χ3v) is 4.36. The van der Waals surface area contributed by atoms with E-state index in [1.54, 1.807) is 18.2 Å². The highest BCUT2D eigenvalue weighted by Gasteiger charge is 2.13. The maximum atomic E-state index is 12.8.